The summed E-state index contributed by atoms with van der Waals surface area (Å²) in [6, 6.07) is 11.4. The summed E-state index contributed by atoms with van der Waals surface area (Å²) in [7, 11) is -12.1. The van der Waals surface area contributed by atoms with Gasteiger partial charge in [-0.3, -0.25) is 5.41 Å². The molecule has 0 spiro atoms. The summed E-state index contributed by atoms with van der Waals surface area (Å²) < 4.78 is 102. The number of benzene rings is 2. The molecule has 3 rings (SSSR count). The van der Waals surface area contributed by atoms with Crippen LogP contribution in [0.3, 0.4) is 0 Å². The van der Waals surface area contributed by atoms with E-state index in [1.165, 1.54) is 49.0 Å². The number of nitrogens with two attached hydrogens (primary N) is 1. The van der Waals surface area contributed by atoms with Gasteiger partial charge in [-0.2, -0.15) is 21.6 Å². The highest BCUT2D eigenvalue weighted by molar-refractivity contribution is 9.10. The second kappa shape index (κ2) is 12.8. The fourth-order valence-electron chi connectivity index (χ4n) is 2.94. The van der Waals surface area contributed by atoms with Crippen molar-refractivity contribution in [3.05, 3.63) is 63.4 Å². The van der Waals surface area contributed by atoms with Gasteiger partial charge in [0.25, 0.3) is 10.0 Å². The molecule has 0 bridgehead atoms. The first-order chi connectivity index (χ1) is 18.6. The number of carboxylic acid groups (broad SMARTS) is 1. The molecule has 0 amide bonds. The molecular weight excluding hydrogens is 715 g/mol. The van der Waals surface area contributed by atoms with E-state index in [9.17, 15) is 34.2 Å². The third-order valence-corrected chi connectivity index (χ3v) is 13.4. The molecule has 1 heterocycles. The standard InChI is InChI=1S/C20H20BrN3O5S5.C2HF3O2/c1-12-7-8-14(32(3,25)26)10-17(12)34(28,29)24-33(27,15-6-4-5-13(21)9-15)18-11-16(19(22)23)31-20(18)30-2;3-2(4,5)1(6)7/h4-11H,1-3H3,(H3,22,23);(H,6,7). The molecule has 0 saturated heterocycles. The highest BCUT2D eigenvalue weighted by Gasteiger charge is 2.38. The number of aliphatic carboxylic acids is 1. The summed E-state index contributed by atoms with van der Waals surface area (Å²) in [5.41, 5.74) is 5.89. The maximum Gasteiger partial charge on any atom is 0.490 e. The maximum absolute atomic E-state index is 14.5. The van der Waals surface area contributed by atoms with Gasteiger partial charge in [0.05, 0.1) is 28.7 Å². The first-order valence-corrected chi connectivity index (χ1v) is 18.2. The molecule has 41 heavy (non-hydrogen) atoms. The molecule has 1 unspecified atom stereocenters. The van der Waals surface area contributed by atoms with Gasteiger partial charge in [0.15, 0.2) is 9.84 Å². The van der Waals surface area contributed by atoms with Crippen LogP contribution >= 0.6 is 39.0 Å². The molecule has 4 N–H and O–H groups in total. The highest BCUT2D eigenvalue weighted by Crippen LogP contribution is 2.39. The summed E-state index contributed by atoms with van der Waals surface area (Å²) >= 11 is 5.66. The van der Waals surface area contributed by atoms with Crippen LogP contribution in [-0.4, -0.2) is 56.6 Å². The van der Waals surface area contributed by atoms with Crippen molar-refractivity contribution in [2.75, 3.05) is 12.5 Å². The summed E-state index contributed by atoms with van der Waals surface area (Å²) in [6.45, 7) is 1.50. The van der Waals surface area contributed by atoms with Crippen molar-refractivity contribution in [2.45, 2.75) is 36.9 Å². The smallest absolute Gasteiger partial charge is 0.475 e. The van der Waals surface area contributed by atoms with E-state index in [1.807, 2.05) is 0 Å². The van der Waals surface area contributed by atoms with Crippen LogP contribution in [0.5, 0.6) is 0 Å². The zero-order valence-corrected chi connectivity index (χ0v) is 26.8. The molecule has 0 saturated carbocycles. The molecule has 224 valence electrons. The van der Waals surface area contributed by atoms with E-state index in [1.54, 1.807) is 18.4 Å². The predicted octanol–water partition coefficient (Wildman–Crippen LogP) is 5.14. The molecular formula is C22H21BrF3N3O7S5. The Morgan fingerprint density at radius 3 is 2.10 bits per heavy atom. The van der Waals surface area contributed by atoms with Gasteiger partial charge in [-0.15, -0.1) is 23.1 Å². The number of sulfone groups is 1. The Hall–Kier alpha value is -2.45. The number of aryl methyl sites for hydroxylation is 1. The van der Waals surface area contributed by atoms with Crippen molar-refractivity contribution >= 4 is 80.4 Å². The second-order valence-corrected chi connectivity index (χ2v) is 16.9. The van der Waals surface area contributed by atoms with E-state index in [4.69, 9.17) is 21.0 Å². The molecule has 10 nitrogen and oxygen atoms in total. The molecule has 2 aromatic carbocycles. The van der Waals surface area contributed by atoms with Gasteiger partial charge in [0.2, 0.25) is 0 Å². The molecule has 0 aliphatic rings. The lowest BCUT2D eigenvalue weighted by molar-refractivity contribution is -0.192. The Kier molecular flexibility index (Phi) is 10.9. The lowest BCUT2D eigenvalue weighted by Crippen LogP contribution is -2.21. The summed E-state index contributed by atoms with van der Waals surface area (Å²) in [6.07, 6.45) is -2.39. The number of amidine groups is 1. The van der Waals surface area contributed by atoms with Crippen LogP contribution in [0.25, 0.3) is 0 Å². The number of nitrogens with zero attached hydrogens (tertiary/aromatic N) is 1. The first-order valence-electron chi connectivity index (χ1n) is 10.6. The zero-order chi connectivity index (χ0) is 31.6. The summed E-state index contributed by atoms with van der Waals surface area (Å²) in [4.78, 5) is 8.92. The zero-order valence-electron chi connectivity index (χ0n) is 21.1. The Morgan fingerprint density at radius 1 is 1.05 bits per heavy atom. The molecule has 3 aromatic rings. The number of thioether (sulfide) groups is 1. The molecule has 0 radical (unpaired) electrons. The monoisotopic (exact) mass is 735 g/mol. The van der Waals surface area contributed by atoms with Gasteiger partial charge in [-0.1, -0.05) is 31.8 Å². The number of sulfonamides is 1. The number of thiophene rings is 1. The van der Waals surface area contributed by atoms with E-state index in [0.717, 1.165) is 23.7 Å². The van der Waals surface area contributed by atoms with Crippen LogP contribution in [-0.2, 0) is 34.4 Å². The molecule has 1 atom stereocenters. The van der Waals surface area contributed by atoms with Crippen LogP contribution in [0.15, 0.2) is 80.6 Å². The normalized spacial score (nSPS) is 13.4. The van der Waals surface area contributed by atoms with Crippen molar-refractivity contribution in [1.82, 2.24) is 0 Å². The van der Waals surface area contributed by atoms with Crippen molar-refractivity contribution < 1.29 is 44.1 Å². The van der Waals surface area contributed by atoms with Crippen molar-refractivity contribution in [3.63, 3.8) is 0 Å². The van der Waals surface area contributed by atoms with Gasteiger partial charge in [0.1, 0.15) is 15.6 Å². The summed E-state index contributed by atoms with van der Waals surface area (Å²) in [5.74, 6) is -3.01. The van der Waals surface area contributed by atoms with Crippen LogP contribution in [0.1, 0.15) is 10.4 Å². The van der Waals surface area contributed by atoms with Gasteiger partial charge < -0.3 is 10.8 Å². The average Bonchev–Trinajstić information content (AvgIpc) is 3.29. The number of rotatable bonds is 7. The van der Waals surface area contributed by atoms with E-state index in [2.05, 4.69) is 19.7 Å². The number of carbonyl (C=O) groups is 1. The topological polar surface area (TPSA) is 185 Å². The minimum Gasteiger partial charge on any atom is -0.475 e. The molecule has 1 aromatic heterocycles. The third kappa shape index (κ3) is 8.54. The summed E-state index contributed by atoms with van der Waals surface area (Å²) in [5, 5.41) is 14.9. The fourth-order valence-corrected chi connectivity index (χ4v) is 11.0. The number of nitrogens with one attached hydrogen (secondary N) is 1. The predicted molar refractivity (Wildman–Crippen MR) is 154 cm³/mol. The highest BCUT2D eigenvalue weighted by atomic mass is 79.9. The number of nitrogen functional groups attached to an aromatic ring is 1. The van der Waals surface area contributed by atoms with Gasteiger partial charge >= 0.3 is 12.1 Å². The van der Waals surface area contributed by atoms with Crippen LogP contribution in [0, 0.1) is 12.3 Å². The maximum atomic E-state index is 14.5. The quantitative estimate of drug-likeness (QED) is 0.168. The van der Waals surface area contributed by atoms with Crippen LogP contribution in [0.4, 0.5) is 13.2 Å². The average molecular weight is 737 g/mol. The van der Waals surface area contributed by atoms with E-state index in [0.29, 0.717) is 13.6 Å². The van der Waals surface area contributed by atoms with Crippen LogP contribution < -0.4 is 5.73 Å². The fraction of sp³-hybridized carbons (Fsp3) is 0.182. The number of hydrogen-bond acceptors (Lipinski definition) is 9. The van der Waals surface area contributed by atoms with Gasteiger partial charge in [-0.05, 0) is 55.1 Å². The van der Waals surface area contributed by atoms with E-state index < -0.39 is 41.7 Å². The van der Waals surface area contributed by atoms with Crippen molar-refractivity contribution in [2.24, 2.45) is 9.50 Å². The number of halogens is 4. The van der Waals surface area contributed by atoms with E-state index >= 15 is 0 Å². The Balaban J connectivity index is 0.000000745. The first kappa shape index (κ1) is 34.7. The number of carboxylic acids is 1. The second-order valence-electron chi connectivity index (χ2n) is 7.92. The minimum absolute atomic E-state index is 0.119. The minimum atomic E-state index is -5.08. The number of alkyl halides is 3. The molecule has 0 aliphatic heterocycles. The Morgan fingerprint density at radius 2 is 1.63 bits per heavy atom. The SMILES string of the molecule is CSc1sc(C(=N)N)cc1S(=O)(=NS(=O)(=O)c1cc(S(C)(=O)=O)ccc1C)c1cccc(Br)c1.O=C(O)C(F)(F)F. The van der Waals surface area contributed by atoms with Crippen molar-refractivity contribution in [3.8, 4) is 0 Å². The third-order valence-electron chi connectivity index (χ3n) is 4.84. The lowest BCUT2D eigenvalue weighted by atomic mass is 10.2. The Bertz CT molecular complexity index is 1850. The van der Waals surface area contributed by atoms with Gasteiger partial charge in [0, 0.05) is 10.7 Å². The largest absolute Gasteiger partial charge is 0.490 e. The van der Waals surface area contributed by atoms with E-state index in [-0.39, 0.29) is 31.0 Å². The molecule has 19 heteroatoms. The number of hydrogen-bond donors (Lipinski definition) is 3. The molecule has 0 aliphatic carbocycles. The van der Waals surface area contributed by atoms with Gasteiger partial charge in [-0.25, -0.2) is 17.4 Å². The Labute approximate surface area is 251 Å². The molecule has 0 fully saturated rings. The lowest BCUT2D eigenvalue weighted by Gasteiger charge is -2.13. The van der Waals surface area contributed by atoms with Crippen LogP contribution in [0.2, 0.25) is 0 Å². The van der Waals surface area contributed by atoms with Crippen molar-refractivity contribution in [1.29, 1.82) is 5.41 Å².